The van der Waals surface area contributed by atoms with Gasteiger partial charge in [-0.15, -0.1) is 0 Å². The van der Waals surface area contributed by atoms with Gasteiger partial charge in [-0.25, -0.2) is 15.0 Å². The molecule has 1 aromatic rings. The Morgan fingerprint density at radius 3 is 3.08 bits per heavy atom. The third-order valence-electron chi connectivity index (χ3n) is 2.23. The zero-order valence-corrected chi connectivity index (χ0v) is 8.74. The molecule has 0 radical (unpaired) electrons. The summed E-state index contributed by atoms with van der Waals surface area (Å²) in [7, 11) is 0. The predicted octanol–water partition coefficient (Wildman–Crippen LogP) is 1.25. The molecule has 0 saturated carbocycles. The fourth-order valence-electron chi connectivity index (χ4n) is 1.58. The summed E-state index contributed by atoms with van der Waals surface area (Å²) in [6.45, 7) is 0.931. The number of hydrazine groups is 1. The molecule has 1 aliphatic heterocycles. The van der Waals surface area contributed by atoms with Crippen molar-refractivity contribution in [2.75, 3.05) is 6.54 Å². The van der Waals surface area contributed by atoms with Gasteiger partial charge >= 0.3 is 0 Å². The van der Waals surface area contributed by atoms with Crippen LogP contribution < -0.4 is 5.84 Å². The van der Waals surface area contributed by atoms with E-state index in [1.54, 1.807) is 6.20 Å². The lowest BCUT2D eigenvalue weighted by Gasteiger charge is -2.16. The van der Waals surface area contributed by atoms with E-state index in [0.717, 1.165) is 29.8 Å². The van der Waals surface area contributed by atoms with Crippen molar-refractivity contribution in [3.63, 3.8) is 0 Å². The average Bonchev–Trinajstić information content (AvgIpc) is 2.51. The molecule has 1 atom stereocenters. The van der Waals surface area contributed by atoms with Crippen LogP contribution in [0.25, 0.3) is 0 Å². The highest BCUT2D eigenvalue weighted by molar-refractivity contribution is 9.10. The molecule has 0 spiro atoms. The largest absolute Gasteiger partial charge is 0.268 e. The van der Waals surface area contributed by atoms with E-state index in [1.165, 1.54) is 0 Å². The molecule has 0 aliphatic carbocycles. The van der Waals surface area contributed by atoms with E-state index in [1.807, 2.05) is 11.1 Å². The van der Waals surface area contributed by atoms with E-state index >= 15 is 0 Å². The number of aromatic nitrogens is 2. The van der Waals surface area contributed by atoms with Gasteiger partial charge in [0.2, 0.25) is 0 Å². The van der Waals surface area contributed by atoms with Crippen molar-refractivity contribution in [2.45, 2.75) is 18.9 Å². The maximum atomic E-state index is 5.80. The van der Waals surface area contributed by atoms with Gasteiger partial charge in [-0.2, -0.15) is 0 Å². The minimum Gasteiger partial charge on any atom is -0.268 e. The Labute approximate surface area is 85.3 Å². The third-order valence-corrected chi connectivity index (χ3v) is 2.67. The van der Waals surface area contributed by atoms with E-state index in [0.29, 0.717) is 0 Å². The number of hydrogen-bond acceptors (Lipinski definition) is 4. The van der Waals surface area contributed by atoms with Gasteiger partial charge in [0.25, 0.3) is 0 Å². The van der Waals surface area contributed by atoms with Crippen molar-refractivity contribution in [1.82, 2.24) is 15.0 Å². The molecule has 1 unspecified atom stereocenters. The molecule has 1 aliphatic rings. The lowest BCUT2D eigenvalue weighted by molar-refractivity contribution is 0.256. The smallest absolute Gasteiger partial charge is 0.148 e. The monoisotopic (exact) mass is 242 g/mol. The summed E-state index contributed by atoms with van der Waals surface area (Å²) in [6.07, 6.45) is 3.92. The quantitative estimate of drug-likeness (QED) is 0.595. The minimum absolute atomic E-state index is 0.192. The molecule has 0 aromatic carbocycles. The zero-order chi connectivity index (χ0) is 9.26. The van der Waals surface area contributed by atoms with E-state index in [9.17, 15) is 0 Å². The Kier molecular flexibility index (Phi) is 2.57. The van der Waals surface area contributed by atoms with Crippen LogP contribution in [0, 0.1) is 0 Å². The van der Waals surface area contributed by atoms with Crippen LogP contribution in [0.1, 0.15) is 24.7 Å². The zero-order valence-electron chi connectivity index (χ0n) is 7.15. The Morgan fingerprint density at radius 2 is 2.46 bits per heavy atom. The third kappa shape index (κ3) is 1.87. The van der Waals surface area contributed by atoms with Crippen LogP contribution in [0.2, 0.25) is 0 Å². The first-order valence-corrected chi connectivity index (χ1v) is 5.06. The van der Waals surface area contributed by atoms with Gasteiger partial charge in [-0.3, -0.25) is 5.84 Å². The Balaban J connectivity index is 2.24. The average molecular weight is 243 g/mol. The Bertz CT molecular complexity index is 304. The second-order valence-electron chi connectivity index (χ2n) is 3.13. The molecule has 1 aromatic heterocycles. The van der Waals surface area contributed by atoms with Crippen molar-refractivity contribution < 1.29 is 0 Å². The van der Waals surface area contributed by atoms with Crippen molar-refractivity contribution in [2.24, 2.45) is 5.84 Å². The molecule has 2 N–H and O–H groups in total. The summed E-state index contributed by atoms with van der Waals surface area (Å²) in [6, 6.07) is 2.01. The minimum atomic E-state index is 0.192. The molecule has 0 bridgehead atoms. The molecular formula is C8H11BrN4. The van der Waals surface area contributed by atoms with Gasteiger partial charge in [0.15, 0.2) is 0 Å². The van der Waals surface area contributed by atoms with Gasteiger partial charge in [0, 0.05) is 12.7 Å². The Hall–Kier alpha value is -0.520. The molecule has 5 heteroatoms. The fraction of sp³-hybridized carbons (Fsp3) is 0.500. The standard InChI is InChI=1S/C8H11BrN4/c9-7-3-4-11-8(12-7)6-2-1-5-13(6)10/h3-4,6H,1-2,5,10H2. The highest BCUT2D eigenvalue weighted by Gasteiger charge is 2.25. The lowest BCUT2D eigenvalue weighted by Crippen LogP contribution is -2.31. The number of hydrogen-bond donors (Lipinski definition) is 1. The van der Waals surface area contributed by atoms with Gasteiger partial charge in [-0.1, -0.05) is 0 Å². The predicted molar refractivity (Wildman–Crippen MR) is 52.6 cm³/mol. The maximum absolute atomic E-state index is 5.80. The summed E-state index contributed by atoms with van der Waals surface area (Å²) < 4.78 is 0.817. The molecule has 2 heterocycles. The van der Waals surface area contributed by atoms with Crippen molar-refractivity contribution in [3.05, 3.63) is 22.7 Å². The van der Waals surface area contributed by atoms with Crippen LogP contribution in [0.3, 0.4) is 0 Å². The Morgan fingerprint density at radius 1 is 1.62 bits per heavy atom. The molecule has 13 heavy (non-hydrogen) atoms. The number of halogens is 1. The lowest BCUT2D eigenvalue weighted by atomic mass is 10.2. The van der Waals surface area contributed by atoms with E-state index in [2.05, 4.69) is 25.9 Å². The molecule has 1 fully saturated rings. The molecule has 4 nitrogen and oxygen atoms in total. The summed E-state index contributed by atoms with van der Waals surface area (Å²) in [5, 5.41) is 1.81. The maximum Gasteiger partial charge on any atom is 0.148 e. The van der Waals surface area contributed by atoms with Crippen molar-refractivity contribution in [3.8, 4) is 0 Å². The van der Waals surface area contributed by atoms with Gasteiger partial charge in [0.1, 0.15) is 10.4 Å². The number of nitrogens with zero attached hydrogens (tertiary/aromatic N) is 3. The topological polar surface area (TPSA) is 55.0 Å². The number of nitrogens with two attached hydrogens (primary N) is 1. The molecule has 70 valence electrons. The van der Waals surface area contributed by atoms with Crippen LogP contribution in [0.5, 0.6) is 0 Å². The first-order chi connectivity index (χ1) is 6.27. The van der Waals surface area contributed by atoms with Gasteiger partial charge < -0.3 is 0 Å². The van der Waals surface area contributed by atoms with Gasteiger partial charge in [0.05, 0.1) is 6.04 Å². The first-order valence-electron chi connectivity index (χ1n) is 4.27. The van der Waals surface area contributed by atoms with Crippen LogP contribution in [-0.2, 0) is 0 Å². The molecule has 2 rings (SSSR count). The highest BCUT2D eigenvalue weighted by atomic mass is 79.9. The normalized spacial score (nSPS) is 23.7. The molecule has 0 amide bonds. The van der Waals surface area contributed by atoms with Crippen LogP contribution in [0.15, 0.2) is 16.9 Å². The second-order valence-corrected chi connectivity index (χ2v) is 3.95. The number of rotatable bonds is 1. The first kappa shape index (κ1) is 9.05. The summed E-state index contributed by atoms with van der Waals surface area (Å²) >= 11 is 3.32. The second kappa shape index (κ2) is 3.69. The van der Waals surface area contributed by atoms with E-state index < -0.39 is 0 Å². The molecular weight excluding hydrogens is 232 g/mol. The van der Waals surface area contributed by atoms with Crippen molar-refractivity contribution >= 4 is 15.9 Å². The van der Waals surface area contributed by atoms with Gasteiger partial charge in [-0.05, 0) is 34.8 Å². The SMILES string of the molecule is NN1CCCC1c1nccc(Br)n1. The summed E-state index contributed by atoms with van der Waals surface area (Å²) in [5.74, 6) is 6.61. The highest BCUT2D eigenvalue weighted by Crippen LogP contribution is 2.26. The van der Waals surface area contributed by atoms with E-state index in [4.69, 9.17) is 5.84 Å². The fourth-order valence-corrected chi connectivity index (χ4v) is 1.88. The summed E-state index contributed by atoms with van der Waals surface area (Å²) in [5.41, 5.74) is 0. The van der Waals surface area contributed by atoms with Crippen LogP contribution >= 0.6 is 15.9 Å². The van der Waals surface area contributed by atoms with Crippen LogP contribution in [0.4, 0.5) is 0 Å². The van der Waals surface area contributed by atoms with Crippen LogP contribution in [-0.4, -0.2) is 21.5 Å². The van der Waals surface area contributed by atoms with E-state index in [-0.39, 0.29) is 6.04 Å². The summed E-state index contributed by atoms with van der Waals surface area (Å²) in [4.78, 5) is 8.50. The van der Waals surface area contributed by atoms with Crippen molar-refractivity contribution in [1.29, 1.82) is 0 Å². The molecule has 1 saturated heterocycles.